The first kappa shape index (κ1) is 17.4. The lowest BCUT2D eigenvalue weighted by Gasteiger charge is -2.17. The Bertz CT molecular complexity index is 828. The molecule has 0 unspecified atom stereocenters. The van der Waals surface area contributed by atoms with E-state index in [2.05, 4.69) is 28.9 Å². The Labute approximate surface area is 153 Å². The van der Waals surface area contributed by atoms with E-state index in [9.17, 15) is 4.79 Å². The molecule has 0 aliphatic carbocycles. The van der Waals surface area contributed by atoms with Gasteiger partial charge in [-0.25, -0.2) is 0 Å². The van der Waals surface area contributed by atoms with Crippen LogP contribution in [0.1, 0.15) is 22.2 Å². The lowest BCUT2D eigenvalue weighted by atomic mass is 10.1. The minimum absolute atomic E-state index is 0.0268. The van der Waals surface area contributed by atoms with Crippen LogP contribution in [0.15, 0.2) is 77.7 Å². The van der Waals surface area contributed by atoms with Crippen molar-refractivity contribution in [2.24, 2.45) is 7.05 Å². The summed E-state index contributed by atoms with van der Waals surface area (Å²) in [5.74, 6) is 0.0268. The predicted molar refractivity (Wildman–Crippen MR) is 103 cm³/mol. The summed E-state index contributed by atoms with van der Waals surface area (Å²) in [5.41, 5.74) is 3.29. The molecule has 0 radical (unpaired) electrons. The van der Waals surface area contributed by atoms with E-state index in [4.69, 9.17) is 0 Å². The third-order valence-corrected chi connectivity index (χ3v) is 5.52. The second-order valence-corrected chi connectivity index (χ2v) is 7.14. The molecule has 1 amide bonds. The first-order valence-electron chi connectivity index (χ1n) is 8.30. The third-order valence-electron chi connectivity index (χ3n) is 4.26. The van der Waals surface area contributed by atoms with Crippen LogP contribution in [-0.4, -0.2) is 10.5 Å². The summed E-state index contributed by atoms with van der Waals surface area (Å²) < 4.78 is 2.10. The number of hydrogen-bond donors (Lipinski definition) is 1. The monoisotopic (exact) mass is 350 g/mol. The van der Waals surface area contributed by atoms with Gasteiger partial charge in [-0.05, 0) is 36.8 Å². The average molecular weight is 350 g/mol. The quantitative estimate of drug-likeness (QED) is 0.665. The summed E-state index contributed by atoms with van der Waals surface area (Å²) in [4.78, 5) is 14.0. The lowest BCUT2D eigenvalue weighted by molar-refractivity contribution is -0.120. The van der Waals surface area contributed by atoms with E-state index >= 15 is 0 Å². The zero-order valence-corrected chi connectivity index (χ0v) is 15.3. The summed E-state index contributed by atoms with van der Waals surface area (Å²) in [5, 5.41) is 2.82. The highest BCUT2D eigenvalue weighted by Crippen LogP contribution is 2.35. The summed E-state index contributed by atoms with van der Waals surface area (Å²) in [7, 11) is 2.02. The molecule has 4 heteroatoms. The molecule has 0 aliphatic rings. The molecule has 25 heavy (non-hydrogen) atoms. The summed E-state index contributed by atoms with van der Waals surface area (Å²) in [6.45, 7) is 2.59. The van der Waals surface area contributed by atoms with E-state index < -0.39 is 0 Å². The van der Waals surface area contributed by atoms with Gasteiger partial charge in [0.2, 0.25) is 5.91 Å². The standard InChI is InChI=1S/C21H22N2OS/c1-16-13-14-18(23(16)2)15-22-21(24)20(17-9-5-3-6-10-17)25-19-11-7-4-8-12-19/h3-14,20H,15H2,1-2H3,(H,22,24)/t20-/m1/s1. The average Bonchev–Trinajstić information content (AvgIpc) is 2.98. The molecule has 0 spiro atoms. The van der Waals surface area contributed by atoms with Crippen molar-refractivity contribution in [1.82, 2.24) is 9.88 Å². The highest BCUT2D eigenvalue weighted by atomic mass is 32.2. The molecular weight excluding hydrogens is 328 g/mol. The van der Waals surface area contributed by atoms with Crippen LogP contribution < -0.4 is 5.32 Å². The van der Waals surface area contributed by atoms with E-state index in [0.29, 0.717) is 6.54 Å². The highest BCUT2D eigenvalue weighted by Gasteiger charge is 2.22. The van der Waals surface area contributed by atoms with Crippen molar-refractivity contribution in [3.05, 3.63) is 89.7 Å². The van der Waals surface area contributed by atoms with Crippen molar-refractivity contribution in [2.75, 3.05) is 0 Å². The molecule has 3 aromatic rings. The molecule has 1 aromatic heterocycles. The van der Waals surface area contributed by atoms with Gasteiger partial charge in [0, 0.05) is 23.3 Å². The largest absolute Gasteiger partial charge is 0.350 e. The fourth-order valence-corrected chi connectivity index (χ4v) is 3.72. The number of thioether (sulfide) groups is 1. The highest BCUT2D eigenvalue weighted by molar-refractivity contribution is 8.00. The smallest absolute Gasteiger partial charge is 0.238 e. The number of hydrogen-bond acceptors (Lipinski definition) is 2. The van der Waals surface area contributed by atoms with Gasteiger partial charge < -0.3 is 9.88 Å². The third kappa shape index (κ3) is 4.34. The van der Waals surface area contributed by atoms with Gasteiger partial charge >= 0.3 is 0 Å². The Hall–Kier alpha value is -2.46. The van der Waals surface area contributed by atoms with Gasteiger partial charge in [0.25, 0.3) is 0 Å². The fraction of sp³-hybridized carbons (Fsp3) is 0.190. The molecular formula is C21H22N2OS. The van der Waals surface area contributed by atoms with Crippen molar-refractivity contribution in [3.8, 4) is 0 Å². The lowest BCUT2D eigenvalue weighted by Crippen LogP contribution is -2.28. The molecule has 3 rings (SSSR count). The molecule has 2 aromatic carbocycles. The number of rotatable bonds is 6. The number of carbonyl (C=O) groups is 1. The zero-order chi connectivity index (χ0) is 17.6. The van der Waals surface area contributed by atoms with Crippen molar-refractivity contribution in [3.63, 3.8) is 0 Å². The maximum Gasteiger partial charge on any atom is 0.238 e. The number of carbonyl (C=O) groups excluding carboxylic acids is 1. The van der Waals surface area contributed by atoms with Crippen LogP contribution in [0.25, 0.3) is 0 Å². The van der Waals surface area contributed by atoms with Crippen molar-refractivity contribution >= 4 is 17.7 Å². The summed E-state index contributed by atoms with van der Waals surface area (Å²) in [6, 6.07) is 24.1. The van der Waals surface area contributed by atoms with E-state index in [1.54, 1.807) is 11.8 Å². The van der Waals surface area contributed by atoms with Crippen molar-refractivity contribution < 1.29 is 4.79 Å². The minimum atomic E-state index is -0.273. The molecule has 1 atom stereocenters. The maximum atomic E-state index is 12.9. The van der Waals surface area contributed by atoms with Crippen LogP contribution in [0.2, 0.25) is 0 Å². The van der Waals surface area contributed by atoms with Gasteiger partial charge in [0.05, 0.1) is 6.54 Å². The van der Waals surface area contributed by atoms with Gasteiger partial charge in [-0.1, -0.05) is 48.5 Å². The fourth-order valence-electron chi connectivity index (χ4n) is 2.65. The number of aryl methyl sites for hydroxylation is 1. The van der Waals surface area contributed by atoms with Crippen LogP contribution in [-0.2, 0) is 18.4 Å². The first-order valence-corrected chi connectivity index (χ1v) is 9.18. The zero-order valence-electron chi connectivity index (χ0n) is 14.5. The first-order chi connectivity index (χ1) is 12.1. The molecule has 0 aliphatic heterocycles. The van der Waals surface area contributed by atoms with Gasteiger partial charge in [0.15, 0.2) is 0 Å². The van der Waals surface area contributed by atoms with Crippen molar-refractivity contribution in [2.45, 2.75) is 23.6 Å². The number of benzene rings is 2. The van der Waals surface area contributed by atoms with Gasteiger partial charge in [0.1, 0.15) is 5.25 Å². The molecule has 0 bridgehead atoms. The number of aromatic nitrogens is 1. The number of amides is 1. The topological polar surface area (TPSA) is 34.0 Å². The number of nitrogens with one attached hydrogen (secondary N) is 1. The second kappa shape index (κ2) is 8.08. The SMILES string of the molecule is Cc1ccc(CNC(=O)[C@H](Sc2ccccc2)c2ccccc2)n1C. The minimum Gasteiger partial charge on any atom is -0.350 e. The molecule has 1 heterocycles. The molecule has 1 N–H and O–H groups in total. The van der Waals surface area contributed by atoms with Gasteiger partial charge in [-0.2, -0.15) is 0 Å². The molecule has 0 saturated heterocycles. The molecule has 3 nitrogen and oxygen atoms in total. The summed E-state index contributed by atoms with van der Waals surface area (Å²) in [6.07, 6.45) is 0. The summed E-state index contributed by atoms with van der Waals surface area (Å²) >= 11 is 1.58. The Kier molecular flexibility index (Phi) is 5.61. The Morgan fingerprint density at radius 3 is 2.24 bits per heavy atom. The van der Waals surface area contributed by atoms with Crippen LogP contribution >= 0.6 is 11.8 Å². The van der Waals surface area contributed by atoms with E-state index in [1.807, 2.05) is 67.7 Å². The Balaban J connectivity index is 1.76. The van der Waals surface area contributed by atoms with Crippen LogP contribution in [0, 0.1) is 6.92 Å². The van der Waals surface area contributed by atoms with Crippen LogP contribution in [0.3, 0.4) is 0 Å². The van der Waals surface area contributed by atoms with E-state index in [1.165, 1.54) is 5.69 Å². The van der Waals surface area contributed by atoms with E-state index in [0.717, 1.165) is 16.2 Å². The number of nitrogens with zero attached hydrogens (tertiary/aromatic N) is 1. The van der Waals surface area contributed by atoms with Crippen LogP contribution in [0.5, 0.6) is 0 Å². The molecule has 0 saturated carbocycles. The Morgan fingerprint density at radius 1 is 1.00 bits per heavy atom. The van der Waals surface area contributed by atoms with E-state index in [-0.39, 0.29) is 11.2 Å². The van der Waals surface area contributed by atoms with Crippen LogP contribution in [0.4, 0.5) is 0 Å². The second-order valence-electron chi connectivity index (χ2n) is 5.96. The predicted octanol–water partition coefficient (Wildman–Crippen LogP) is 4.48. The van der Waals surface area contributed by atoms with Crippen molar-refractivity contribution in [1.29, 1.82) is 0 Å². The Morgan fingerprint density at radius 2 is 1.64 bits per heavy atom. The van der Waals surface area contributed by atoms with Gasteiger partial charge in [-0.15, -0.1) is 11.8 Å². The molecule has 128 valence electrons. The normalized spacial score (nSPS) is 11.9. The van der Waals surface area contributed by atoms with Gasteiger partial charge in [-0.3, -0.25) is 4.79 Å². The molecule has 0 fully saturated rings. The maximum absolute atomic E-state index is 12.9.